The molecule has 108 valence electrons. The maximum Gasteiger partial charge on any atom is 0.335 e. The van der Waals surface area contributed by atoms with Crippen LogP contribution in [0.1, 0.15) is 43.6 Å². The first-order chi connectivity index (χ1) is 9.66. The summed E-state index contributed by atoms with van der Waals surface area (Å²) in [4.78, 5) is 10.7. The van der Waals surface area contributed by atoms with Gasteiger partial charge in [0, 0.05) is 0 Å². The Hall–Kier alpha value is -2.09. The van der Waals surface area contributed by atoms with Crippen LogP contribution in [0, 0.1) is 6.92 Å². The van der Waals surface area contributed by atoms with Crippen molar-refractivity contribution in [3.63, 3.8) is 0 Å². The third-order valence-electron chi connectivity index (χ3n) is 2.52. The smallest absolute Gasteiger partial charge is 0.335 e. The van der Waals surface area contributed by atoms with Crippen LogP contribution in [0.2, 0.25) is 0 Å². The molecule has 0 spiro atoms. The van der Waals surface area contributed by atoms with Crippen LogP contribution in [-0.2, 0) is 0 Å². The molecule has 0 bridgehead atoms. The predicted octanol–water partition coefficient (Wildman–Crippen LogP) is 5.41. The molecular formula is C18H24O2. The zero-order chi connectivity index (χ0) is 15.5. The van der Waals surface area contributed by atoms with Crippen LogP contribution < -0.4 is 0 Å². The van der Waals surface area contributed by atoms with Gasteiger partial charge in [-0.15, -0.1) is 0 Å². The molecule has 0 atom stereocenters. The minimum atomic E-state index is -0.893. The van der Waals surface area contributed by atoms with Crippen LogP contribution in [0.25, 0.3) is 11.1 Å². The summed E-state index contributed by atoms with van der Waals surface area (Å²) in [5.74, 6) is -0.893. The third kappa shape index (κ3) is 5.27. The summed E-state index contributed by atoms with van der Waals surface area (Å²) in [6.07, 6.45) is 0. The van der Waals surface area contributed by atoms with Crippen LogP contribution in [0.4, 0.5) is 0 Å². The average Bonchev–Trinajstić information content (AvgIpc) is 2.52. The Labute approximate surface area is 122 Å². The fourth-order valence-corrected chi connectivity index (χ4v) is 1.55. The molecule has 0 aliphatic rings. The lowest BCUT2D eigenvalue weighted by Gasteiger charge is -2.02. The molecule has 2 nitrogen and oxygen atoms in total. The normalized spacial score (nSPS) is 8.65. The molecule has 0 aliphatic carbocycles. The van der Waals surface area contributed by atoms with Gasteiger partial charge < -0.3 is 5.11 Å². The molecular weight excluding hydrogens is 248 g/mol. The second kappa shape index (κ2) is 9.79. The largest absolute Gasteiger partial charge is 0.478 e. The fraction of sp³-hybridized carbons (Fsp3) is 0.278. The van der Waals surface area contributed by atoms with Crippen molar-refractivity contribution in [3.05, 3.63) is 59.7 Å². The van der Waals surface area contributed by atoms with Gasteiger partial charge in [-0.1, -0.05) is 69.7 Å². The predicted molar refractivity (Wildman–Crippen MR) is 86.3 cm³/mol. The van der Waals surface area contributed by atoms with Crippen LogP contribution in [0.3, 0.4) is 0 Å². The van der Waals surface area contributed by atoms with E-state index in [0.29, 0.717) is 5.56 Å². The number of carbonyl (C=O) groups is 1. The molecule has 0 aliphatic heterocycles. The number of rotatable bonds is 2. The molecule has 0 fully saturated rings. The Bertz CT molecular complexity index is 496. The summed E-state index contributed by atoms with van der Waals surface area (Å²) in [7, 11) is 0. The van der Waals surface area contributed by atoms with Crippen molar-refractivity contribution in [1.82, 2.24) is 0 Å². The van der Waals surface area contributed by atoms with Gasteiger partial charge in [0.15, 0.2) is 0 Å². The van der Waals surface area contributed by atoms with E-state index in [1.54, 1.807) is 12.1 Å². The van der Waals surface area contributed by atoms with Gasteiger partial charge in [-0.3, -0.25) is 0 Å². The number of carboxylic acids is 1. The van der Waals surface area contributed by atoms with Crippen LogP contribution >= 0.6 is 0 Å². The zero-order valence-electron chi connectivity index (χ0n) is 13.0. The summed E-state index contributed by atoms with van der Waals surface area (Å²) in [6.45, 7) is 10.0. The lowest BCUT2D eigenvalue weighted by molar-refractivity contribution is 0.0697. The first-order valence-corrected chi connectivity index (χ1v) is 7.07. The number of carboxylic acid groups (broad SMARTS) is 1. The highest BCUT2D eigenvalue weighted by atomic mass is 16.4. The van der Waals surface area contributed by atoms with Gasteiger partial charge in [-0.2, -0.15) is 0 Å². The molecule has 2 aromatic carbocycles. The van der Waals surface area contributed by atoms with E-state index >= 15 is 0 Å². The maximum atomic E-state index is 10.7. The molecule has 20 heavy (non-hydrogen) atoms. The van der Waals surface area contributed by atoms with Crippen molar-refractivity contribution < 1.29 is 9.90 Å². The number of hydrogen-bond donors (Lipinski definition) is 1. The zero-order valence-corrected chi connectivity index (χ0v) is 13.0. The molecule has 2 rings (SSSR count). The Morgan fingerprint density at radius 2 is 1.10 bits per heavy atom. The van der Waals surface area contributed by atoms with E-state index in [4.69, 9.17) is 5.11 Å². The lowest BCUT2D eigenvalue weighted by atomic mass is 10.0. The number of benzene rings is 2. The SMILES string of the molecule is CC.CC.Cc1ccc(-c2ccc(C(=O)O)cc2)cc1. The summed E-state index contributed by atoms with van der Waals surface area (Å²) in [6, 6.07) is 15.0. The highest BCUT2D eigenvalue weighted by molar-refractivity contribution is 5.88. The van der Waals surface area contributed by atoms with Crippen molar-refractivity contribution in [3.8, 4) is 11.1 Å². The molecule has 0 saturated heterocycles. The monoisotopic (exact) mass is 272 g/mol. The minimum absolute atomic E-state index is 0.316. The van der Waals surface area contributed by atoms with Gasteiger partial charge in [0.1, 0.15) is 0 Å². The van der Waals surface area contributed by atoms with E-state index in [-0.39, 0.29) is 0 Å². The van der Waals surface area contributed by atoms with E-state index in [2.05, 4.69) is 0 Å². The second-order valence-corrected chi connectivity index (χ2v) is 3.75. The van der Waals surface area contributed by atoms with Crippen LogP contribution in [0.5, 0.6) is 0 Å². The van der Waals surface area contributed by atoms with E-state index in [1.165, 1.54) is 5.56 Å². The van der Waals surface area contributed by atoms with E-state index < -0.39 is 5.97 Å². The van der Waals surface area contributed by atoms with E-state index in [0.717, 1.165) is 11.1 Å². The van der Waals surface area contributed by atoms with Crippen LogP contribution in [0.15, 0.2) is 48.5 Å². The van der Waals surface area contributed by atoms with Gasteiger partial charge in [-0.05, 0) is 30.2 Å². The maximum absolute atomic E-state index is 10.7. The summed E-state index contributed by atoms with van der Waals surface area (Å²) >= 11 is 0. The fourth-order valence-electron chi connectivity index (χ4n) is 1.55. The third-order valence-corrected chi connectivity index (χ3v) is 2.52. The van der Waals surface area contributed by atoms with Crippen molar-refractivity contribution in [1.29, 1.82) is 0 Å². The molecule has 1 N–H and O–H groups in total. The molecule has 2 aromatic rings. The highest BCUT2D eigenvalue weighted by Gasteiger charge is 2.02. The Morgan fingerprint density at radius 3 is 1.45 bits per heavy atom. The molecule has 0 saturated carbocycles. The summed E-state index contributed by atoms with van der Waals surface area (Å²) in [5.41, 5.74) is 3.66. The van der Waals surface area contributed by atoms with Gasteiger partial charge in [-0.25, -0.2) is 4.79 Å². The molecule has 0 radical (unpaired) electrons. The number of aromatic carboxylic acids is 1. The highest BCUT2D eigenvalue weighted by Crippen LogP contribution is 2.20. The number of hydrogen-bond acceptors (Lipinski definition) is 1. The lowest BCUT2D eigenvalue weighted by Crippen LogP contribution is -1.94. The van der Waals surface area contributed by atoms with Crippen molar-refractivity contribution >= 4 is 5.97 Å². The van der Waals surface area contributed by atoms with Gasteiger partial charge in [0.2, 0.25) is 0 Å². The Kier molecular flexibility index (Phi) is 8.77. The molecule has 2 heteroatoms. The standard InChI is InChI=1S/C14H12O2.2C2H6/c1-10-2-4-11(5-3-10)12-6-8-13(9-7-12)14(15)16;2*1-2/h2-9H,1H3,(H,15,16);2*1-2H3. The Morgan fingerprint density at radius 1 is 0.750 bits per heavy atom. The average molecular weight is 272 g/mol. The second-order valence-electron chi connectivity index (χ2n) is 3.75. The summed E-state index contributed by atoms with van der Waals surface area (Å²) in [5, 5.41) is 8.78. The van der Waals surface area contributed by atoms with Crippen LogP contribution in [-0.4, -0.2) is 11.1 Å². The quantitative estimate of drug-likeness (QED) is 0.793. The summed E-state index contributed by atoms with van der Waals surface area (Å²) < 4.78 is 0. The van der Waals surface area contributed by atoms with E-state index in [9.17, 15) is 4.79 Å². The molecule has 0 aromatic heterocycles. The van der Waals surface area contributed by atoms with E-state index in [1.807, 2.05) is 71.0 Å². The molecule has 0 unspecified atom stereocenters. The van der Waals surface area contributed by atoms with Crippen molar-refractivity contribution in [2.45, 2.75) is 34.6 Å². The minimum Gasteiger partial charge on any atom is -0.478 e. The molecule has 0 heterocycles. The van der Waals surface area contributed by atoms with Crippen molar-refractivity contribution in [2.24, 2.45) is 0 Å². The first kappa shape index (κ1) is 17.9. The van der Waals surface area contributed by atoms with Gasteiger partial charge in [0.05, 0.1) is 5.56 Å². The number of aryl methyl sites for hydroxylation is 1. The van der Waals surface area contributed by atoms with Gasteiger partial charge in [0.25, 0.3) is 0 Å². The van der Waals surface area contributed by atoms with Gasteiger partial charge >= 0.3 is 5.97 Å². The Balaban J connectivity index is 0.000000829. The molecule has 0 amide bonds. The van der Waals surface area contributed by atoms with Crippen molar-refractivity contribution in [2.75, 3.05) is 0 Å². The first-order valence-electron chi connectivity index (χ1n) is 7.07. The topological polar surface area (TPSA) is 37.3 Å².